The molecule has 1 aromatic carbocycles. The number of hydrogen-bond acceptors (Lipinski definition) is 5. The summed E-state index contributed by atoms with van der Waals surface area (Å²) in [6, 6.07) is 2.22. The van der Waals surface area contributed by atoms with E-state index in [1.165, 1.54) is 12.4 Å². The standard InChI is InChI=1S/C10H8Cl2N4O4S/c11-7-1-2-8(9(12)10(7)16(17)18)21(19,20)15-5-6-3-13-14-4-6/h1-4,15H,5H2,(H,13,14). The van der Waals surface area contributed by atoms with Crippen molar-refractivity contribution < 1.29 is 13.3 Å². The van der Waals surface area contributed by atoms with Crippen molar-refractivity contribution in [2.75, 3.05) is 0 Å². The Morgan fingerprint density at radius 2 is 2.10 bits per heavy atom. The number of benzene rings is 1. The summed E-state index contributed by atoms with van der Waals surface area (Å²) in [4.78, 5) is 9.63. The van der Waals surface area contributed by atoms with Gasteiger partial charge in [-0.25, -0.2) is 13.1 Å². The van der Waals surface area contributed by atoms with Crippen LogP contribution in [0.25, 0.3) is 0 Å². The molecule has 0 aliphatic heterocycles. The van der Waals surface area contributed by atoms with Crippen molar-refractivity contribution in [3.63, 3.8) is 0 Å². The van der Waals surface area contributed by atoms with E-state index in [0.29, 0.717) is 5.56 Å². The van der Waals surface area contributed by atoms with Crippen LogP contribution in [0.1, 0.15) is 5.56 Å². The Labute approximate surface area is 129 Å². The van der Waals surface area contributed by atoms with Gasteiger partial charge in [0.05, 0.1) is 11.1 Å². The Hall–Kier alpha value is -1.68. The summed E-state index contributed by atoms with van der Waals surface area (Å²) in [5.74, 6) is 0. The van der Waals surface area contributed by atoms with Gasteiger partial charge in [-0.3, -0.25) is 15.2 Å². The molecule has 0 bridgehead atoms. The lowest BCUT2D eigenvalue weighted by Crippen LogP contribution is -2.23. The molecule has 112 valence electrons. The number of rotatable bonds is 5. The Morgan fingerprint density at radius 3 is 2.67 bits per heavy atom. The van der Waals surface area contributed by atoms with E-state index in [-0.39, 0.29) is 11.6 Å². The highest BCUT2D eigenvalue weighted by Gasteiger charge is 2.27. The van der Waals surface area contributed by atoms with E-state index in [2.05, 4.69) is 14.9 Å². The molecule has 8 nitrogen and oxygen atoms in total. The summed E-state index contributed by atoms with van der Waals surface area (Å²) in [5.41, 5.74) is -0.0531. The van der Waals surface area contributed by atoms with E-state index in [0.717, 1.165) is 12.1 Å². The molecule has 0 atom stereocenters. The monoisotopic (exact) mass is 350 g/mol. The number of nitrogens with zero attached hydrogens (tertiary/aromatic N) is 2. The van der Waals surface area contributed by atoms with Crippen molar-refractivity contribution in [1.82, 2.24) is 14.9 Å². The minimum absolute atomic E-state index is 0.0361. The van der Waals surface area contributed by atoms with Crippen molar-refractivity contribution in [2.24, 2.45) is 0 Å². The molecular formula is C10H8Cl2N4O4S. The van der Waals surface area contributed by atoms with Gasteiger partial charge in [-0.2, -0.15) is 5.10 Å². The number of sulfonamides is 1. The molecule has 2 aromatic rings. The van der Waals surface area contributed by atoms with E-state index in [1.807, 2.05) is 0 Å². The highest BCUT2D eigenvalue weighted by molar-refractivity contribution is 7.89. The number of aromatic nitrogens is 2. The third kappa shape index (κ3) is 3.32. The van der Waals surface area contributed by atoms with Crippen molar-refractivity contribution in [3.8, 4) is 0 Å². The Morgan fingerprint density at radius 1 is 1.38 bits per heavy atom. The van der Waals surface area contributed by atoms with E-state index in [1.54, 1.807) is 0 Å². The molecule has 0 saturated heterocycles. The van der Waals surface area contributed by atoms with Crippen molar-refractivity contribution in [1.29, 1.82) is 0 Å². The molecule has 0 fully saturated rings. The van der Waals surface area contributed by atoms with Crippen LogP contribution >= 0.6 is 23.2 Å². The van der Waals surface area contributed by atoms with Gasteiger partial charge in [0.2, 0.25) is 10.0 Å². The van der Waals surface area contributed by atoms with Gasteiger partial charge in [-0.05, 0) is 12.1 Å². The molecule has 21 heavy (non-hydrogen) atoms. The van der Waals surface area contributed by atoms with Crippen molar-refractivity contribution in [2.45, 2.75) is 11.4 Å². The topological polar surface area (TPSA) is 118 Å². The molecule has 0 amide bonds. The van der Waals surface area contributed by atoms with E-state index in [4.69, 9.17) is 23.2 Å². The largest absolute Gasteiger partial charge is 0.307 e. The molecule has 1 aromatic heterocycles. The second-order valence-electron chi connectivity index (χ2n) is 3.90. The molecule has 11 heteroatoms. The minimum atomic E-state index is -4.03. The SMILES string of the molecule is O=[N+]([O-])c1c(Cl)ccc(S(=O)(=O)NCc2cn[nH]c2)c1Cl. The molecule has 0 unspecified atom stereocenters. The quantitative estimate of drug-likeness (QED) is 0.632. The maximum Gasteiger partial charge on any atom is 0.307 e. The molecule has 2 rings (SSSR count). The molecule has 0 spiro atoms. The van der Waals surface area contributed by atoms with Gasteiger partial charge in [0.15, 0.2) is 0 Å². The summed E-state index contributed by atoms with van der Waals surface area (Å²) in [5, 5.41) is 16.3. The fourth-order valence-corrected chi connectivity index (χ4v) is 3.43. The van der Waals surface area contributed by atoms with Gasteiger partial charge < -0.3 is 0 Å². The lowest BCUT2D eigenvalue weighted by atomic mass is 10.3. The smallest absolute Gasteiger partial charge is 0.285 e. The minimum Gasteiger partial charge on any atom is -0.285 e. The van der Waals surface area contributed by atoms with E-state index in [9.17, 15) is 18.5 Å². The summed E-state index contributed by atoms with van der Waals surface area (Å²) < 4.78 is 26.6. The first-order valence-electron chi connectivity index (χ1n) is 5.42. The van der Waals surface area contributed by atoms with Gasteiger partial charge >= 0.3 is 5.69 Å². The maximum absolute atomic E-state index is 12.1. The predicted molar refractivity (Wildman–Crippen MR) is 75.7 cm³/mol. The Balaban J connectivity index is 2.36. The average molecular weight is 351 g/mol. The van der Waals surface area contributed by atoms with Crippen LogP contribution < -0.4 is 4.72 Å². The molecule has 0 aliphatic carbocycles. The second kappa shape index (κ2) is 5.98. The normalized spacial score (nSPS) is 11.5. The molecule has 1 heterocycles. The molecule has 0 aliphatic rings. The second-order valence-corrected chi connectivity index (χ2v) is 6.42. The summed E-state index contributed by atoms with van der Waals surface area (Å²) in [6.45, 7) is -0.0361. The van der Waals surface area contributed by atoms with Crippen LogP contribution in [0.5, 0.6) is 0 Å². The van der Waals surface area contributed by atoms with Crippen LogP contribution in [0.4, 0.5) is 5.69 Å². The molecular weight excluding hydrogens is 343 g/mol. The first kappa shape index (κ1) is 15.7. The third-order valence-corrected chi connectivity index (χ3v) is 4.77. The Bertz CT molecular complexity index is 777. The highest BCUT2D eigenvalue weighted by Crippen LogP contribution is 2.36. The average Bonchev–Trinajstić information content (AvgIpc) is 2.88. The number of aromatic amines is 1. The number of halogens is 2. The maximum atomic E-state index is 12.1. The number of nitro benzene ring substituents is 1. The number of hydrogen-bond donors (Lipinski definition) is 2. The number of nitrogens with one attached hydrogen (secondary N) is 2. The zero-order valence-corrected chi connectivity index (χ0v) is 12.5. The van der Waals surface area contributed by atoms with Crippen LogP contribution in [-0.2, 0) is 16.6 Å². The van der Waals surface area contributed by atoms with Gasteiger partial charge in [-0.15, -0.1) is 0 Å². The summed E-state index contributed by atoms with van der Waals surface area (Å²) in [7, 11) is -4.03. The lowest BCUT2D eigenvalue weighted by Gasteiger charge is -2.08. The van der Waals surface area contributed by atoms with Gasteiger partial charge in [-0.1, -0.05) is 23.2 Å². The third-order valence-electron chi connectivity index (χ3n) is 2.52. The first-order valence-corrected chi connectivity index (χ1v) is 7.66. The molecule has 2 N–H and O–H groups in total. The zero-order valence-electron chi connectivity index (χ0n) is 10.2. The van der Waals surface area contributed by atoms with Crippen LogP contribution in [0.2, 0.25) is 10.0 Å². The number of H-pyrrole nitrogens is 1. The highest BCUT2D eigenvalue weighted by atomic mass is 35.5. The van der Waals surface area contributed by atoms with Crippen LogP contribution in [0, 0.1) is 10.1 Å². The van der Waals surface area contributed by atoms with Gasteiger partial charge in [0.1, 0.15) is 14.9 Å². The molecule has 0 radical (unpaired) electrons. The Kier molecular flexibility index (Phi) is 4.47. The van der Waals surface area contributed by atoms with Crippen molar-refractivity contribution >= 4 is 38.9 Å². The van der Waals surface area contributed by atoms with Gasteiger partial charge in [0, 0.05) is 18.3 Å². The first-order chi connectivity index (χ1) is 9.83. The predicted octanol–water partition coefficient (Wildman–Crippen LogP) is 2.10. The van der Waals surface area contributed by atoms with Crippen molar-refractivity contribution in [3.05, 3.63) is 50.2 Å². The van der Waals surface area contributed by atoms with Crippen LogP contribution in [-0.4, -0.2) is 23.5 Å². The van der Waals surface area contributed by atoms with Crippen LogP contribution in [0.15, 0.2) is 29.4 Å². The van der Waals surface area contributed by atoms with E-state index < -0.39 is 30.6 Å². The van der Waals surface area contributed by atoms with Crippen LogP contribution in [0.3, 0.4) is 0 Å². The zero-order chi connectivity index (χ0) is 15.6. The summed E-state index contributed by atoms with van der Waals surface area (Å²) in [6.07, 6.45) is 2.95. The fourth-order valence-electron chi connectivity index (χ4n) is 1.53. The fraction of sp³-hybridized carbons (Fsp3) is 0.100. The lowest BCUT2D eigenvalue weighted by molar-refractivity contribution is -0.384. The molecule has 0 saturated carbocycles. The van der Waals surface area contributed by atoms with Gasteiger partial charge in [0.25, 0.3) is 0 Å². The summed E-state index contributed by atoms with van der Waals surface area (Å²) >= 11 is 11.4. The number of nitro groups is 1. The van der Waals surface area contributed by atoms with E-state index >= 15 is 0 Å².